The van der Waals surface area contributed by atoms with Crippen molar-refractivity contribution in [3.63, 3.8) is 0 Å². The molecule has 0 bridgehead atoms. The number of benzene rings is 1. The summed E-state index contributed by atoms with van der Waals surface area (Å²) in [5.41, 5.74) is -1.66. The second-order valence-electron chi connectivity index (χ2n) is 3.83. The number of nitrogens with one attached hydrogen (secondary N) is 1. The molecule has 0 aliphatic rings. The van der Waals surface area contributed by atoms with Gasteiger partial charge in [0, 0.05) is 11.8 Å². The SMILES string of the molecule is O=Cc1c(F)ccc(F)c1-c1[nH]ccc(=S)c1C(=O)O. The first kappa shape index (κ1) is 14.0. The summed E-state index contributed by atoms with van der Waals surface area (Å²) >= 11 is 4.87. The van der Waals surface area contributed by atoms with Gasteiger partial charge in [-0.15, -0.1) is 0 Å². The number of carbonyl (C=O) groups excluding carboxylic acids is 1. The Labute approximate surface area is 116 Å². The molecule has 2 rings (SSSR count). The van der Waals surface area contributed by atoms with Crippen molar-refractivity contribution < 1.29 is 23.5 Å². The summed E-state index contributed by atoms with van der Waals surface area (Å²) in [7, 11) is 0. The molecular formula is C13H7F2NO3S. The Morgan fingerprint density at radius 3 is 2.50 bits per heavy atom. The molecule has 102 valence electrons. The fourth-order valence-electron chi connectivity index (χ4n) is 1.83. The van der Waals surface area contributed by atoms with E-state index >= 15 is 0 Å². The van der Waals surface area contributed by atoms with Gasteiger partial charge >= 0.3 is 5.97 Å². The smallest absolute Gasteiger partial charge is 0.339 e. The molecular weight excluding hydrogens is 288 g/mol. The number of hydrogen-bond donors (Lipinski definition) is 2. The van der Waals surface area contributed by atoms with Crippen LogP contribution in [0.1, 0.15) is 20.7 Å². The zero-order valence-electron chi connectivity index (χ0n) is 9.81. The summed E-state index contributed by atoms with van der Waals surface area (Å²) in [6, 6.07) is 2.91. The number of aromatic nitrogens is 1. The fourth-order valence-corrected chi connectivity index (χ4v) is 2.08. The monoisotopic (exact) mass is 295 g/mol. The molecule has 0 saturated heterocycles. The lowest BCUT2D eigenvalue weighted by atomic mass is 9.99. The lowest BCUT2D eigenvalue weighted by Gasteiger charge is -2.10. The predicted octanol–water partition coefficient (Wildman–Crippen LogP) is 3.20. The van der Waals surface area contributed by atoms with Crippen LogP contribution in [0.25, 0.3) is 11.3 Å². The van der Waals surface area contributed by atoms with Gasteiger partial charge in [-0.1, -0.05) is 12.2 Å². The molecule has 0 spiro atoms. The van der Waals surface area contributed by atoms with E-state index in [1.165, 1.54) is 12.3 Å². The highest BCUT2D eigenvalue weighted by atomic mass is 32.1. The maximum absolute atomic E-state index is 13.9. The number of H-pyrrole nitrogens is 1. The Morgan fingerprint density at radius 2 is 1.90 bits per heavy atom. The standard InChI is InChI=1S/C13H7F2NO3S/c14-7-1-2-8(15)10(6(7)5-17)12-11(13(18)19)9(20)3-4-16-12/h1-5H,(H,16,20)(H,18,19). The molecule has 2 aromatic rings. The van der Waals surface area contributed by atoms with Gasteiger partial charge in [0.25, 0.3) is 0 Å². The van der Waals surface area contributed by atoms with E-state index < -0.39 is 34.3 Å². The average molecular weight is 295 g/mol. The minimum Gasteiger partial charge on any atom is -0.478 e. The number of pyridine rings is 1. The third-order valence-corrected chi connectivity index (χ3v) is 3.02. The third kappa shape index (κ3) is 2.23. The molecule has 0 aliphatic heterocycles. The summed E-state index contributed by atoms with van der Waals surface area (Å²) in [5.74, 6) is -3.27. The van der Waals surface area contributed by atoms with E-state index in [9.17, 15) is 18.4 Å². The number of rotatable bonds is 3. The normalized spacial score (nSPS) is 10.3. The van der Waals surface area contributed by atoms with E-state index in [-0.39, 0.29) is 16.5 Å². The molecule has 1 aromatic heterocycles. The van der Waals surface area contributed by atoms with Gasteiger partial charge in [-0.05, 0) is 18.2 Å². The maximum Gasteiger partial charge on any atom is 0.339 e. The van der Waals surface area contributed by atoms with Crippen LogP contribution in [0.4, 0.5) is 8.78 Å². The highest BCUT2D eigenvalue weighted by molar-refractivity contribution is 7.71. The maximum atomic E-state index is 13.9. The molecule has 7 heteroatoms. The molecule has 0 fully saturated rings. The van der Waals surface area contributed by atoms with Crippen LogP contribution in [-0.2, 0) is 0 Å². The lowest BCUT2D eigenvalue weighted by Crippen LogP contribution is -2.06. The van der Waals surface area contributed by atoms with Gasteiger partial charge in [-0.3, -0.25) is 4.79 Å². The first-order chi connectivity index (χ1) is 9.47. The van der Waals surface area contributed by atoms with Crippen molar-refractivity contribution in [2.24, 2.45) is 0 Å². The molecule has 1 heterocycles. The highest BCUT2D eigenvalue weighted by Crippen LogP contribution is 2.29. The van der Waals surface area contributed by atoms with E-state index in [1.807, 2.05) is 0 Å². The van der Waals surface area contributed by atoms with Crippen molar-refractivity contribution in [2.75, 3.05) is 0 Å². The lowest BCUT2D eigenvalue weighted by molar-refractivity contribution is 0.0696. The Morgan fingerprint density at radius 1 is 1.25 bits per heavy atom. The summed E-state index contributed by atoms with van der Waals surface area (Å²) in [6.45, 7) is 0. The molecule has 0 unspecified atom stereocenters. The molecule has 1 aromatic carbocycles. The van der Waals surface area contributed by atoms with E-state index in [0.29, 0.717) is 0 Å². The van der Waals surface area contributed by atoms with E-state index in [0.717, 1.165) is 12.1 Å². The number of halogens is 2. The number of aromatic carboxylic acids is 1. The van der Waals surface area contributed by atoms with E-state index in [1.54, 1.807) is 0 Å². The van der Waals surface area contributed by atoms with Gasteiger partial charge in [0.2, 0.25) is 0 Å². The van der Waals surface area contributed by atoms with Crippen molar-refractivity contribution in [2.45, 2.75) is 0 Å². The van der Waals surface area contributed by atoms with Crippen LogP contribution >= 0.6 is 12.2 Å². The minimum absolute atomic E-state index is 0.0493. The van der Waals surface area contributed by atoms with Gasteiger partial charge < -0.3 is 10.1 Å². The first-order valence-corrected chi connectivity index (χ1v) is 5.76. The Bertz CT molecular complexity index is 771. The number of carboxylic acids is 1. The molecule has 2 N–H and O–H groups in total. The Balaban J connectivity index is 2.93. The van der Waals surface area contributed by atoms with Crippen molar-refractivity contribution in [1.29, 1.82) is 0 Å². The number of carboxylic acid groups (broad SMARTS) is 1. The molecule has 0 amide bonds. The van der Waals surface area contributed by atoms with E-state index in [4.69, 9.17) is 17.3 Å². The van der Waals surface area contributed by atoms with Gasteiger partial charge in [0.1, 0.15) is 17.2 Å². The van der Waals surface area contributed by atoms with Crippen molar-refractivity contribution in [1.82, 2.24) is 4.98 Å². The third-order valence-electron chi connectivity index (χ3n) is 2.68. The van der Waals surface area contributed by atoms with Crippen LogP contribution in [0, 0.1) is 16.1 Å². The molecule has 0 radical (unpaired) electrons. The first-order valence-electron chi connectivity index (χ1n) is 5.36. The largest absolute Gasteiger partial charge is 0.478 e. The van der Waals surface area contributed by atoms with Crippen LogP contribution in [0.2, 0.25) is 0 Å². The topological polar surface area (TPSA) is 70.2 Å². The van der Waals surface area contributed by atoms with Crippen molar-refractivity contribution >= 4 is 24.5 Å². The van der Waals surface area contributed by atoms with Crippen molar-refractivity contribution in [3.8, 4) is 11.3 Å². The molecule has 0 aliphatic carbocycles. The van der Waals surface area contributed by atoms with Crippen LogP contribution in [0.3, 0.4) is 0 Å². The van der Waals surface area contributed by atoms with Gasteiger partial charge in [-0.25, -0.2) is 13.6 Å². The average Bonchev–Trinajstić information content (AvgIpc) is 2.40. The Kier molecular flexibility index (Phi) is 3.71. The summed E-state index contributed by atoms with van der Waals surface area (Å²) in [6.07, 6.45) is 1.42. The summed E-state index contributed by atoms with van der Waals surface area (Å²) in [4.78, 5) is 24.7. The zero-order valence-corrected chi connectivity index (χ0v) is 10.6. The second-order valence-corrected chi connectivity index (χ2v) is 4.27. The molecule has 20 heavy (non-hydrogen) atoms. The number of aromatic amines is 1. The van der Waals surface area contributed by atoms with Crippen LogP contribution in [-0.4, -0.2) is 22.3 Å². The van der Waals surface area contributed by atoms with Crippen molar-refractivity contribution in [3.05, 3.63) is 51.7 Å². The number of carbonyl (C=O) groups is 2. The number of hydrogen-bond acceptors (Lipinski definition) is 3. The minimum atomic E-state index is -1.40. The quantitative estimate of drug-likeness (QED) is 0.674. The van der Waals surface area contributed by atoms with Gasteiger partial charge in [0.15, 0.2) is 6.29 Å². The predicted molar refractivity (Wildman–Crippen MR) is 69.3 cm³/mol. The van der Waals surface area contributed by atoms with Gasteiger partial charge in [-0.2, -0.15) is 0 Å². The molecule has 0 atom stereocenters. The summed E-state index contributed by atoms with van der Waals surface area (Å²) < 4.78 is 27.4. The highest BCUT2D eigenvalue weighted by Gasteiger charge is 2.22. The second kappa shape index (κ2) is 5.30. The van der Waals surface area contributed by atoms with Crippen LogP contribution < -0.4 is 0 Å². The van der Waals surface area contributed by atoms with Crippen LogP contribution in [0.5, 0.6) is 0 Å². The summed E-state index contributed by atoms with van der Waals surface area (Å²) in [5, 5.41) is 9.14. The Hall–Kier alpha value is -2.41. The van der Waals surface area contributed by atoms with Crippen LogP contribution in [0.15, 0.2) is 24.4 Å². The molecule has 4 nitrogen and oxygen atoms in total. The number of aldehydes is 1. The molecule has 0 saturated carbocycles. The van der Waals surface area contributed by atoms with Gasteiger partial charge in [0.05, 0.1) is 15.8 Å². The van der Waals surface area contributed by atoms with E-state index in [2.05, 4.69) is 4.98 Å². The zero-order chi connectivity index (χ0) is 14.9. The fraction of sp³-hybridized carbons (Fsp3) is 0.